The van der Waals surface area contributed by atoms with E-state index < -0.39 is 11.7 Å². The molecule has 1 aliphatic heterocycles. The number of nitrogens with zero attached hydrogens (tertiary/aromatic N) is 1. The molecule has 5 heteroatoms. The number of nitrogens with one attached hydrogen (secondary N) is 1. The van der Waals surface area contributed by atoms with Gasteiger partial charge in [0, 0.05) is 25.2 Å². The van der Waals surface area contributed by atoms with Crippen LogP contribution in [0.15, 0.2) is 11.6 Å². The summed E-state index contributed by atoms with van der Waals surface area (Å²) in [7, 11) is 0. The van der Waals surface area contributed by atoms with Gasteiger partial charge in [-0.1, -0.05) is 5.57 Å². The minimum absolute atomic E-state index is 0.0264. The molecular formula is C15H26N2O3. The molecule has 5 nitrogen and oxygen atoms in total. The number of carbonyl (C=O) groups excluding carboxylic acids is 2. The molecule has 2 amide bonds. The van der Waals surface area contributed by atoms with Gasteiger partial charge in [-0.25, -0.2) is 4.79 Å². The molecule has 1 rings (SSSR count). The van der Waals surface area contributed by atoms with Crippen LogP contribution >= 0.6 is 0 Å². The molecule has 1 unspecified atom stereocenters. The van der Waals surface area contributed by atoms with E-state index in [0.717, 1.165) is 25.0 Å². The maximum absolute atomic E-state index is 12.0. The van der Waals surface area contributed by atoms with Crippen molar-refractivity contribution >= 4 is 12.0 Å². The second-order valence-electron chi connectivity index (χ2n) is 6.43. The third kappa shape index (κ3) is 5.63. The first-order valence-electron chi connectivity index (χ1n) is 7.11. The Morgan fingerprint density at radius 1 is 1.35 bits per heavy atom. The molecule has 0 aromatic carbocycles. The Balaban J connectivity index is 2.49. The van der Waals surface area contributed by atoms with E-state index in [1.54, 1.807) is 6.08 Å². The minimum atomic E-state index is -0.503. The fraction of sp³-hybridized carbons (Fsp3) is 0.733. The summed E-state index contributed by atoms with van der Waals surface area (Å²) in [4.78, 5) is 25.5. The lowest BCUT2D eigenvalue weighted by atomic mass is 10.2. The van der Waals surface area contributed by atoms with Crippen molar-refractivity contribution in [1.82, 2.24) is 10.2 Å². The van der Waals surface area contributed by atoms with E-state index in [-0.39, 0.29) is 11.9 Å². The van der Waals surface area contributed by atoms with Crippen molar-refractivity contribution in [1.29, 1.82) is 0 Å². The lowest BCUT2D eigenvalue weighted by molar-refractivity contribution is -0.126. The van der Waals surface area contributed by atoms with Crippen LogP contribution in [-0.4, -0.2) is 41.6 Å². The van der Waals surface area contributed by atoms with E-state index in [2.05, 4.69) is 5.32 Å². The number of hydrogen-bond acceptors (Lipinski definition) is 3. The summed E-state index contributed by atoms with van der Waals surface area (Å²) in [5.41, 5.74) is 0.484. The van der Waals surface area contributed by atoms with E-state index in [4.69, 9.17) is 4.74 Å². The summed E-state index contributed by atoms with van der Waals surface area (Å²) >= 11 is 0. The molecule has 0 spiro atoms. The van der Waals surface area contributed by atoms with Crippen molar-refractivity contribution < 1.29 is 14.3 Å². The zero-order valence-electron chi connectivity index (χ0n) is 13.2. The third-order valence-corrected chi connectivity index (χ3v) is 2.95. The average Bonchev–Trinajstić information content (AvgIpc) is 2.70. The number of carbonyl (C=O) groups is 2. The van der Waals surface area contributed by atoms with Gasteiger partial charge >= 0.3 is 6.09 Å². The van der Waals surface area contributed by atoms with E-state index in [1.165, 1.54) is 0 Å². The van der Waals surface area contributed by atoms with Gasteiger partial charge in [0.05, 0.1) is 0 Å². The number of ether oxygens (including phenoxy) is 1. The number of hydrogen-bond donors (Lipinski definition) is 1. The Bertz CT molecular complexity index is 392. The maximum atomic E-state index is 12.0. The molecule has 1 heterocycles. The molecule has 1 saturated heterocycles. The molecule has 20 heavy (non-hydrogen) atoms. The lowest BCUT2D eigenvalue weighted by Crippen LogP contribution is -2.43. The van der Waals surface area contributed by atoms with Crippen molar-refractivity contribution in [2.45, 2.75) is 59.1 Å². The molecule has 0 radical (unpaired) electrons. The summed E-state index contributed by atoms with van der Waals surface area (Å²) in [5, 5.41) is 2.74. The highest BCUT2D eigenvalue weighted by Gasteiger charge is 2.28. The van der Waals surface area contributed by atoms with Crippen molar-refractivity contribution in [2.75, 3.05) is 13.1 Å². The summed E-state index contributed by atoms with van der Waals surface area (Å²) in [6.07, 6.45) is 3.10. The average molecular weight is 282 g/mol. The third-order valence-electron chi connectivity index (χ3n) is 2.95. The van der Waals surface area contributed by atoms with Crippen LogP contribution in [0.5, 0.6) is 0 Å². The molecule has 1 N–H and O–H groups in total. The molecule has 1 atom stereocenters. The van der Waals surface area contributed by atoms with Crippen molar-refractivity contribution in [3.05, 3.63) is 11.6 Å². The topological polar surface area (TPSA) is 58.6 Å². The van der Waals surface area contributed by atoms with Gasteiger partial charge in [0.25, 0.3) is 0 Å². The van der Waals surface area contributed by atoms with Crippen LogP contribution in [0.3, 0.4) is 0 Å². The molecule has 1 aliphatic rings. The van der Waals surface area contributed by atoms with Crippen molar-refractivity contribution in [3.8, 4) is 0 Å². The van der Waals surface area contributed by atoms with E-state index in [1.807, 2.05) is 39.5 Å². The smallest absolute Gasteiger partial charge is 0.407 e. The summed E-state index contributed by atoms with van der Waals surface area (Å²) in [6.45, 7) is 10.5. The highest BCUT2D eigenvalue weighted by Crippen LogP contribution is 2.17. The van der Waals surface area contributed by atoms with E-state index in [0.29, 0.717) is 6.54 Å². The summed E-state index contributed by atoms with van der Waals surface area (Å²) < 4.78 is 5.19. The Kier molecular flexibility index (Phi) is 5.60. The van der Waals surface area contributed by atoms with Crippen LogP contribution in [-0.2, 0) is 9.53 Å². The van der Waals surface area contributed by atoms with E-state index in [9.17, 15) is 9.59 Å². The molecule has 114 valence electrons. The quantitative estimate of drug-likeness (QED) is 0.809. The molecule has 1 fully saturated rings. The van der Waals surface area contributed by atoms with Crippen molar-refractivity contribution in [2.24, 2.45) is 0 Å². The minimum Gasteiger partial charge on any atom is -0.444 e. The van der Waals surface area contributed by atoms with Crippen LogP contribution in [0.2, 0.25) is 0 Å². The van der Waals surface area contributed by atoms with Crippen molar-refractivity contribution in [3.63, 3.8) is 0 Å². The SMILES string of the molecule is CC(C)=CC(=O)N1CCCC1CNC(=O)OC(C)(C)C. The zero-order valence-corrected chi connectivity index (χ0v) is 13.2. The first-order valence-corrected chi connectivity index (χ1v) is 7.11. The van der Waals surface area contributed by atoms with Crippen LogP contribution in [0.4, 0.5) is 4.79 Å². The first kappa shape index (κ1) is 16.5. The highest BCUT2D eigenvalue weighted by atomic mass is 16.6. The van der Waals surface area contributed by atoms with Gasteiger partial charge in [0.2, 0.25) is 5.91 Å². The zero-order chi connectivity index (χ0) is 15.3. The van der Waals surface area contributed by atoms with Gasteiger partial charge in [-0.05, 0) is 47.5 Å². The standard InChI is InChI=1S/C15H26N2O3/c1-11(2)9-13(18)17-8-6-7-12(17)10-16-14(19)20-15(3,4)5/h9,12H,6-8,10H2,1-5H3,(H,16,19). The first-order chi connectivity index (χ1) is 9.19. The van der Waals surface area contributed by atoms with Gasteiger partial charge in [-0.2, -0.15) is 0 Å². The Morgan fingerprint density at radius 2 is 2.00 bits per heavy atom. The van der Waals surface area contributed by atoms with Crippen LogP contribution in [0, 0.1) is 0 Å². The van der Waals surface area contributed by atoms with Crippen LogP contribution in [0.25, 0.3) is 0 Å². The second kappa shape index (κ2) is 6.77. The van der Waals surface area contributed by atoms with E-state index >= 15 is 0 Å². The number of amides is 2. The second-order valence-corrected chi connectivity index (χ2v) is 6.43. The molecular weight excluding hydrogens is 256 g/mol. The Labute approximate surface area is 121 Å². The monoisotopic (exact) mass is 282 g/mol. The number of allylic oxidation sites excluding steroid dienone is 1. The normalized spacial score (nSPS) is 18.6. The number of rotatable bonds is 3. The van der Waals surface area contributed by atoms with Gasteiger partial charge < -0.3 is 15.0 Å². The number of alkyl carbamates (subject to hydrolysis) is 1. The van der Waals surface area contributed by atoms with Gasteiger partial charge in [0.15, 0.2) is 0 Å². The van der Waals surface area contributed by atoms with Gasteiger partial charge in [-0.3, -0.25) is 4.79 Å². The van der Waals surface area contributed by atoms with Gasteiger partial charge in [0.1, 0.15) is 5.60 Å². The molecule has 0 aromatic heterocycles. The predicted molar refractivity (Wildman–Crippen MR) is 78.4 cm³/mol. The van der Waals surface area contributed by atoms with Crippen LogP contribution < -0.4 is 5.32 Å². The molecule has 0 aromatic rings. The Morgan fingerprint density at radius 3 is 2.55 bits per heavy atom. The summed E-state index contributed by atoms with van der Waals surface area (Å²) in [6, 6.07) is 0.0608. The Hall–Kier alpha value is -1.52. The lowest BCUT2D eigenvalue weighted by Gasteiger charge is -2.25. The number of likely N-dealkylation sites (tertiary alicyclic amines) is 1. The largest absolute Gasteiger partial charge is 0.444 e. The molecule has 0 bridgehead atoms. The maximum Gasteiger partial charge on any atom is 0.407 e. The molecule has 0 aliphatic carbocycles. The van der Waals surface area contributed by atoms with Gasteiger partial charge in [-0.15, -0.1) is 0 Å². The highest BCUT2D eigenvalue weighted by molar-refractivity contribution is 5.88. The predicted octanol–water partition coefficient (Wildman–Crippen LogP) is 2.47. The fourth-order valence-electron chi connectivity index (χ4n) is 2.18. The molecule has 0 saturated carbocycles. The summed E-state index contributed by atoms with van der Waals surface area (Å²) in [5.74, 6) is 0.0264. The fourth-order valence-corrected chi connectivity index (χ4v) is 2.18. The van der Waals surface area contributed by atoms with Crippen LogP contribution in [0.1, 0.15) is 47.5 Å².